The first-order valence-electron chi connectivity index (χ1n) is 9.07. The number of carbonyl (C=O) groups is 1. The van der Waals surface area contributed by atoms with Gasteiger partial charge < -0.3 is 15.4 Å². The molecular formula is C19H29ClN2O2. The van der Waals surface area contributed by atoms with Crippen LogP contribution < -0.4 is 15.4 Å². The fraction of sp³-hybridized carbons (Fsp3) is 0.632. The van der Waals surface area contributed by atoms with Crippen molar-refractivity contribution in [1.29, 1.82) is 0 Å². The van der Waals surface area contributed by atoms with Gasteiger partial charge in [0, 0.05) is 24.7 Å². The third-order valence-electron chi connectivity index (χ3n) is 4.99. The number of benzene rings is 1. The molecule has 1 amide bonds. The summed E-state index contributed by atoms with van der Waals surface area (Å²) in [6.07, 6.45) is 8.74. The molecule has 0 saturated heterocycles. The van der Waals surface area contributed by atoms with Crippen LogP contribution >= 0.6 is 12.4 Å². The molecule has 0 aromatic heterocycles. The van der Waals surface area contributed by atoms with Gasteiger partial charge in [-0.25, -0.2) is 0 Å². The smallest absolute Gasteiger partial charge is 0.227 e. The van der Waals surface area contributed by atoms with E-state index in [1.165, 1.54) is 38.5 Å². The van der Waals surface area contributed by atoms with E-state index in [2.05, 4.69) is 10.6 Å². The van der Waals surface area contributed by atoms with Crippen molar-refractivity contribution in [3.63, 3.8) is 0 Å². The van der Waals surface area contributed by atoms with Crippen molar-refractivity contribution in [2.45, 2.75) is 56.9 Å². The number of rotatable bonds is 5. The molecule has 3 rings (SSSR count). The van der Waals surface area contributed by atoms with E-state index in [4.69, 9.17) is 4.74 Å². The molecule has 1 aromatic carbocycles. The van der Waals surface area contributed by atoms with Crippen molar-refractivity contribution in [2.75, 3.05) is 19.7 Å². The molecule has 1 unspecified atom stereocenters. The molecule has 134 valence electrons. The molecule has 0 radical (unpaired) electrons. The predicted molar refractivity (Wildman–Crippen MR) is 99.0 cm³/mol. The van der Waals surface area contributed by atoms with Crippen molar-refractivity contribution < 1.29 is 9.53 Å². The van der Waals surface area contributed by atoms with Gasteiger partial charge in [-0.3, -0.25) is 4.79 Å². The lowest BCUT2D eigenvalue weighted by Gasteiger charge is -2.25. The summed E-state index contributed by atoms with van der Waals surface area (Å²) < 4.78 is 5.63. The number of hydrogen-bond acceptors (Lipinski definition) is 3. The minimum Gasteiger partial charge on any atom is -0.493 e. The number of fused-ring (bicyclic) bond motifs is 1. The normalized spacial score (nSPS) is 20.9. The van der Waals surface area contributed by atoms with E-state index in [1.807, 2.05) is 24.3 Å². The van der Waals surface area contributed by atoms with E-state index in [-0.39, 0.29) is 24.2 Å². The summed E-state index contributed by atoms with van der Waals surface area (Å²) in [6.45, 7) is 2.19. The lowest BCUT2D eigenvalue weighted by atomic mass is 9.92. The van der Waals surface area contributed by atoms with E-state index in [9.17, 15) is 4.79 Å². The van der Waals surface area contributed by atoms with Gasteiger partial charge in [0.25, 0.3) is 0 Å². The van der Waals surface area contributed by atoms with Crippen LogP contribution in [-0.2, 0) is 4.79 Å². The molecule has 1 aromatic rings. The Bertz CT molecular complexity index is 516. The Kier molecular flexibility index (Phi) is 7.86. The standard InChI is InChI=1S/C19H28N2O2.ClH/c22-19(17-11-14-23-18-10-6-5-9-16(17)18)21-13-12-20-15-7-3-1-2-4-8-15;/h5-6,9-10,15,17,20H,1-4,7-8,11-14H2,(H,21,22);1H. The number of halogens is 1. The fourth-order valence-electron chi connectivity index (χ4n) is 3.68. The molecule has 1 atom stereocenters. The van der Waals surface area contributed by atoms with Crippen molar-refractivity contribution in [2.24, 2.45) is 0 Å². The monoisotopic (exact) mass is 352 g/mol. The van der Waals surface area contributed by atoms with Gasteiger partial charge in [-0.2, -0.15) is 0 Å². The Morgan fingerprint density at radius 3 is 2.58 bits per heavy atom. The maximum absolute atomic E-state index is 12.5. The summed E-state index contributed by atoms with van der Waals surface area (Å²) in [5, 5.41) is 6.69. The van der Waals surface area contributed by atoms with Gasteiger partial charge >= 0.3 is 0 Å². The van der Waals surface area contributed by atoms with Crippen LogP contribution in [0.2, 0.25) is 0 Å². The average molecular weight is 353 g/mol. The second kappa shape index (κ2) is 9.90. The largest absolute Gasteiger partial charge is 0.493 e. The number of hydrogen-bond donors (Lipinski definition) is 2. The lowest BCUT2D eigenvalue weighted by Crippen LogP contribution is -2.39. The average Bonchev–Trinajstić information content (AvgIpc) is 2.87. The quantitative estimate of drug-likeness (QED) is 0.630. The molecule has 1 aliphatic heterocycles. The molecule has 2 N–H and O–H groups in total. The molecule has 4 nitrogen and oxygen atoms in total. The zero-order valence-corrected chi connectivity index (χ0v) is 15.1. The number of carbonyl (C=O) groups excluding carboxylic acids is 1. The van der Waals surface area contributed by atoms with E-state index in [0.29, 0.717) is 19.2 Å². The Hall–Kier alpha value is -1.26. The van der Waals surface area contributed by atoms with E-state index < -0.39 is 0 Å². The topological polar surface area (TPSA) is 50.4 Å². The summed E-state index contributed by atoms with van der Waals surface area (Å²) >= 11 is 0. The minimum atomic E-state index is -0.0715. The minimum absolute atomic E-state index is 0. The molecule has 1 aliphatic carbocycles. The molecule has 0 bridgehead atoms. The van der Waals surface area contributed by atoms with Crippen LogP contribution in [0.15, 0.2) is 24.3 Å². The molecule has 1 fully saturated rings. The molecule has 1 heterocycles. The van der Waals surface area contributed by atoms with Gasteiger partial charge in [0.1, 0.15) is 5.75 Å². The van der Waals surface area contributed by atoms with Gasteiger partial charge in [-0.1, -0.05) is 43.9 Å². The van der Waals surface area contributed by atoms with Crippen LogP contribution in [0.25, 0.3) is 0 Å². The van der Waals surface area contributed by atoms with Crippen LogP contribution in [0, 0.1) is 0 Å². The molecular weight excluding hydrogens is 324 g/mol. The summed E-state index contributed by atoms with van der Waals surface area (Å²) in [6, 6.07) is 8.51. The van der Waals surface area contributed by atoms with E-state index in [0.717, 1.165) is 24.3 Å². The highest BCUT2D eigenvalue weighted by molar-refractivity contribution is 5.85. The molecule has 5 heteroatoms. The Morgan fingerprint density at radius 2 is 1.79 bits per heavy atom. The van der Waals surface area contributed by atoms with Gasteiger partial charge in [-0.05, 0) is 25.3 Å². The summed E-state index contributed by atoms with van der Waals surface area (Å²) in [5.41, 5.74) is 1.02. The second-order valence-corrected chi connectivity index (χ2v) is 6.66. The van der Waals surface area contributed by atoms with Crippen LogP contribution in [0.5, 0.6) is 5.75 Å². The first kappa shape index (κ1) is 19.1. The third kappa shape index (κ3) is 5.12. The summed E-state index contributed by atoms with van der Waals surface area (Å²) in [4.78, 5) is 12.5. The van der Waals surface area contributed by atoms with Crippen LogP contribution in [0.3, 0.4) is 0 Å². The second-order valence-electron chi connectivity index (χ2n) is 6.66. The first-order valence-corrected chi connectivity index (χ1v) is 9.07. The SMILES string of the molecule is Cl.O=C(NCCNC1CCCCCC1)C1CCOc2ccccc21. The Labute approximate surface area is 151 Å². The fourth-order valence-corrected chi connectivity index (χ4v) is 3.68. The molecule has 2 aliphatic rings. The van der Waals surface area contributed by atoms with Crippen LogP contribution in [0.1, 0.15) is 56.4 Å². The number of nitrogens with one attached hydrogen (secondary N) is 2. The first-order chi connectivity index (χ1) is 11.3. The maximum atomic E-state index is 12.5. The molecule has 24 heavy (non-hydrogen) atoms. The lowest BCUT2D eigenvalue weighted by molar-refractivity contribution is -0.123. The van der Waals surface area contributed by atoms with Crippen molar-refractivity contribution in [3.05, 3.63) is 29.8 Å². The van der Waals surface area contributed by atoms with Crippen LogP contribution in [0.4, 0.5) is 0 Å². The highest BCUT2D eigenvalue weighted by Gasteiger charge is 2.27. The van der Waals surface area contributed by atoms with Crippen LogP contribution in [-0.4, -0.2) is 31.6 Å². The van der Waals surface area contributed by atoms with Gasteiger partial charge in [0.15, 0.2) is 0 Å². The van der Waals surface area contributed by atoms with Gasteiger partial charge in [-0.15, -0.1) is 12.4 Å². The predicted octanol–water partition coefficient (Wildman–Crippen LogP) is 3.40. The number of amides is 1. The van der Waals surface area contributed by atoms with E-state index >= 15 is 0 Å². The number of para-hydroxylation sites is 1. The zero-order valence-electron chi connectivity index (χ0n) is 14.3. The zero-order chi connectivity index (χ0) is 15.9. The maximum Gasteiger partial charge on any atom is 0.227 e. The Balaban J connectivity index is 0.00000208. The van der Waals surface area contributed by atoms with Crippen molar-refractivity contribution >= 4 is 18.3 Å². The molecule has 0 spiro atoms. The summed E-state index contributed by atoms with van der Waals surface area (Å²) in [7, 11) is 0. The Morgan fingerprint density at radius 1 is 1.04 bits per heavy atom. The van der Waals surface area contributed by atoms with Crippen molar-refractivity contribution in [3.8, 4) is 5.75 Å². The third-order valence-corrected chi connectivity index (χ3v) is 4.99. The van der Waals surface area contributed by atoms with Crippen molar-refractivity contribution in [1.82, 2.24) is 10.6 Å². The highest BCUT2D eigenvalue weighted by Crippen LogP contribution is 2.33. The number of ether oxygens (including phenoxy) is 1. The van der Waals surface area contributed by atoms with E-state index in [1.54, 1.807) is 0 Å². The van der Waals surface area contributed by atoms with Gasteiger partial charge in [0.05, 0.1) is 12.5 Å². The molecule has 1 saturated carbocycles. The highest BCUT2D eigenvalue weighted by atomic mass is 35.5. The summed E-state index contributed by atoms with van der Waals surface area (Å²) in [5.74, 6) is 0.914. The van der Waals surface area contributed by atoms with Gasteiger partial charge in [0.2, 0.25) is 5.91 Å².